The summed E-state index contributed by atoms with van der Waals surface area (Å²) in [5.41, 5.74) is 13.8. The predicted octanol–water partition coefficient (Wildman–Crippen LogP) is 14.1. The van der Waals surface area contributed by atoms with Crippen LogP contribution in [0.1, 0.15) is 88.5 Å². The van der Waals surface area contributed by atoms with Crippen LogP contribution in [0, 0.1) is 29.1 Å². The number of nitrogens with zero attached hydrogens (tertiary/aromatic N) is 1. The first-order valence-corrected chi connectivity index (χ1v) is 21.5. The topological polar surface area (TPSA) is 3.24 Å². The SMILES string of the molecule is CC1(C)CCC(C)(C)c2cc(-c3ccc(N(c4ccc5c(c4)C4(c6ccccc6S5)C5CC6CC7CC4C75C6)c4cccc5ccccc45)cc3)ccc21. The summed E-state index contributed by atoms with van der Waals surface area (Å²) in [6.45, 7) is 9.70. The van der Waals surface area contributed by atoms with Crippen LogP contribution in [0.25, 0.3) is 21.9 Å². The van der Waals surface area contributed by atoms with Gasteiger partial charge >= 0.3 is 0 Å². The summed E-state index contributed by atoms with van der Waals surface area (Å²) in [5, 5.41) is 2.56. The van der Waals surface area contributed by atoms with Crippen molar-refractivity contribution in [2.24, 2.45) is 29.1 Å². The highest BCUT2D eigenvalue weighted by Crippen LogP contribution is 2.89. The van der Waals surface area contributed by atoms with Gasteiger partial charge in [-0.2, -0.15) is 0 Å². The van der Waals surface area contributed by atoms with Gasteiger partial charge in [0.2, 0.25) is 0 Å². The molecule has 2 spiro atoms. The molecule has 2 heteroatoms. The maximum absolute atomic E-state index is 2.65. The van der Waals surface area contributed by atoms with E-state index in [0.717, 1.165) is 23.7 Å². The number of fused-ring (bicyclic) bond motifs is 9. The van der Waals surface area contributed by atoms with Crippen molar-refractivity contribution in [1.82, 2.24) is 0 Å². The van der Waals surface area contributed by atoms with Crippen molar-refractivity contribution in [1.29, 1.82) is 0 Å². The van der Waals surface area contributed by atoms with Crippen LogP contribution >= 0.6 is 11.8 Å². The first-order chi connectivity index (χ1) is 26.2. The van der Waals surface area contributed by atoms with E-state index in [-0.39, 0.29) is 16.2 Å². The number of anilines is 3. The molecule has 2 bridgehead atoms. The molecule has 4 fully saturated rings. The number of rotatable bonds is 4. The molecule has 4 saturated carbocycles. The zero-order chi connectivity index (χ0) is 36.2. The molecule has 6 aromatic rings. The molecule has 0 radical (unpaired) electrons. The molecule has 12 rings (SSSR count). The monoisotopic (exact) mass is 719 g/mol. The summed E-state index contributed by atoms with van der Waals surface area (Å²) in [4.78, 5) is 5.53. The molecule has 6 atom stereocenters. The van der Waals surface area contributed by atoms with E-state index in [2.05, 4.69) is 160 Å². The standard InChI is InChI=1S/C52H49NS/c1-49(2)24-25-50(3,4)42-28-35(18-22-40(42)49)33-16-19-37(20-17-33)53(44-14-9-11-34-10-5-6-12-39(34)44)38-21-23-46-43(30-38)52(41-13-7-8-15-45(41)54-46)47-27-32-26-36-29-48(52)51(36,47)31-32/h5-23,28,30,32,36,47-48H,24-27,29,31H2,1-4H3. The third kappa shape index (κ3) is 3.98. The molecule has 6 aromatic carbocycles. The van der Waals surface area contributed by atoms with Crippen molar-refractivity contribution in [3.05, 3.63) is 150 Å². The van der Waals surface area contributed by atoms with Crippen molar-refractivity contribution in [2.45, 2.75) is 92.3 Å². The predicted molar refractivity (Wildman–Crippen MR) is 226 cm³/mol. The minimum atomic E-state index is 0.141. The molecule has 268 valence electrons. The second kappa shape index (κ2) is 10.7. The van der Waals surface area contributed by atoms with Crippen molar-refractivity contribution < 1.29 is 0 Å². The van der Waals surface area contributed by atoms with Crippen LogP contribution in [0.15, 0.2) is 137 Å². The number of hydrogen-bond acceptors (Lipinski definition) is 2. The lowest BCUT2D eigenvalue weighted by Gasteiger charge is -2.78. The fraction of sp³-hybridized carbons (Fsp3) is 0.346. The van der Waals surface area contributed by atoms with E-state index in [1.54, 1.807) is 11.1 Å². The molecule has 6 unspecified atom stereocenters. The van der Waals surface area contributed by atoms with Crippen LogP contribution in [0.4, 0.5) is 17.1 Å². The Morgan fingerprint density at radius 1 is 0.556 bits per heavy atom. The molecule has 5 aliphatic carbocycles. The highest BCUT2D eigenvalue weighted by Gasteiger charge is 2.84. The summed E-state index contributed by atoms with van der Waals surface area (Å²) in [6, 6.07) is 49.5. The Kier molecular flexibility index (Phi) is 6.36. The van der Waals surface area contributed by atoms with Gasteiger partial charge in [0, 0.05) is 32.0 Å². The Morgan fingerprint density at radius 3 is 2.11 bits per heavy atom. The average molecular weight is 720 g/mol. The third-order valence-corrected chi connectivity index (χ3v) is 17.2. The molecular formula is C52H49NS. The Hall–Kier alpha value is -4.27. The lowest BCUT2D eigenvalue weighted by atomic mass is 9.26. The molecule has 0 saturated heterocycles. The molecule has 0 aromatic heterocycles. The molecule has 0 amide bonds. The third-order valence-electron chi connectivity index (χ3n) is 16.0. The van der Waals surface area contributed by atoms with Gasteiger partial charge in [-0.1, -0.05) is 124 Å². The molecule has 1 aliphatic heterocycles. The first-order valence-electron chi connectivity index (χ1n) is 20.6. The smallest absolute Gasteiger partial charge is 0.0540 e. The number of benzene rings is 6. The van der Waals surface area contributed by atoms with E-state index >= 15 is 0 Å². The summed E-state index contributed by atoms with van der Waals surface area (Å²) in [6.07, 6.45) is 8.29. The lowest BCUT2D eigenvalue weighted by Crippen LogP contribution is -2.74. The fourth-order valence-electron chi connectivity index (χ4n) is 13.6. The van der Waals surface area contributed by atoms with Gasteiger partial charge in [-0.15, -0.1) is 0 Å². The van der Waals surface area contributed by atoms with Gasteiger partial charge < -0.3 is 4.90 Å². The normalized spacial score (nSPS) is 29.8. The zero-order valence-electron chi connectivity index (χ0n) is 32.0. The Bertz CT molecular complexity index is 2540. The summed E-state index contributed by atoms with van der Waals surface area (Å²) >= 11 is 2.01. The van der Waals surface area contributed by atoms with Crippen molar-refractivity contribution in [3.63, 3.8) is 0 Å². The van der Waals surface area contributed by atoms with E-state index in [1.165, 1.54) is 98.4 Å². The molecule has 6 aliphatic rings. The second-order valence-corrected chi connectivity index (χ2v) is 20.3. The fourth-order valence-corrected chi connectivity index (χ4v) is 14.8. The van der Waals surface area contributed by atoms with Crippen molar-refractivity contribution >= 4 is 39.6 Å². The summed E-state index contributed by atoms with van der Waals surface area (Å²) < 4.78 is 0. The zero-order valence-corrected chi connectivity index (χ0v) is 32.8. The van der Waals surface area contributed by atoms with E-state index < -0.39 is 0 Å². The molecular weight excluding hydrogens is 671 g/mol. The van der Waals surface area contributed by atoms with Crippen LogP contribution in [-0.2, 0) is 16.2 Å². The van der Waals surface area contributed by atoms with Crippen LogP contribution in [0.5, 0.6) is 0 Å². The van der Waals surface area contributed by atoms with Gasteiger partial charge in [-0.05, 0) is 160 Å². The van der Waals surface area contributed by atoms with Crippen LogP contribution in [0.2, 0.25) is 0 Å². The van der Waals surface area contributed by atoms with Gasteiger partial charge in [-0.25, -0.2) is 0 Å². The maximum Gasteiger partial charge on any atom is 0.0540 e. The van der Waals surface area contributed by atoms with Gasteiger partial charge in [0.05, 0.1) is 5.69 Å². The second-order valence-electron chi connectivity index (χ2n) is 19.2. The van der Waals surface area contributed by atoms with Crippen LogP contribution < -0.4 is 4.90 Å². The van der Waals surface area contributed by atoms with Crippen molar-refractivity contribution in [3.8, 4) is 11.1 Å². The maximum atomic E-state index is 2.65. The van der Waals surface area contributed by atoms with Gasteiger partial charge in [-0.3, -0.25) is 0 Å². The van der Waals surface area contributed by atoms with E-state index in [4.69, 9.17) is 0 Å². The Balaban J connectivity index is 1.01. The Labute approximate surface area is 325 Å². The quantitative estimate of drug-likeness (QED) is 0.178. The molecule has 1 nitrogen and oxygen atoms in total. The van der Waals surface area contributed by atoms with Gasteiger partial charge in [0.1, 0.15) is 0 Å². The Morgan fingerprint density at radius 2 is 1.26 bits per heavy atom. The number of hydrogen-bond donors (Lipinski definition) is 0. The van der Waals surface area contributed by atoms with Crippen molar-refractivity contribution in [2.75, 3.05) is 4.90 Å². The highest BCUT2D eigenvalue weighted by molar-refractivity contribution is 7.99. The minimum Gasteiger partial charge on any atom is -0.310 e. The summed E-state index contributed by atoms with van der Waals surface area (Å²) in [5.74, 6) is 3.47. The lowest BCUT2D eigenvalue weighted by molar-refractivity contribution is -0.235. The average Bonchev–Trinajstić information content (AvgIpc) is 3.72. The highest BCUT2D eigenvalue weighted by atomic mass is 32.2. The first kappa shape index (κ1) is 32.0. The largest absolute Gasteiger partial charge is 0.310 e. The molecule has 0 N–H and O–H groups in total. The van der Waals surface area contributed by atoms with Crippen LogP contribution in [-0.4, -0.2) is 0 Å². The van der Waals surface area contributed by atoms with Gasteiger partial charge in [0.15, 0.2) is 0 Å². The van der Waals surface area contributed by atoms with E-state index in [9.17, 15) is 0 Å². The van der Waals surface area contributed by atoms with Gasteiger partial charge in [0.25, 0.3) is 0 Å². The van der Waals surface area contributed by atoms with E-state index in [0.29, 0.717) is 5.41 Å². The minimum absolute atomic E-state index is 0.141. The van der Waals surface area contributed by atoms with E-state index in [1.807, 2.05) is 11.8 Å². The van der Waals surface area contributed by atoms with Crippen LogP contribution in [0.3, 0.4) is 0 Å². The molecule has 1 heterocycles. The molecule has 54 heavy (non-hydrogen) atoms. The summed E-state index contributed by atoms with van der Waals surface area (Å²) in [7, 11) is 0.